The van der Waals surface area contributed by atoms with Crippen LogP contribution in [0.1, 0.15) is 81.0 Å². The number of nitrogens with zero attached hydrogens (tertiary/aromatic N) is 1. The third-order valence-electron chi connectivity index (χ3n) is 9.35. The van der Waals surface area contributed by atoms with Crippen molar-refractivity contribution < 1.29 is 0 Å². The van der Waals surface area contributed by atoms with E-state index in [1.807, 2.05) is 0 Å². The molecule has 232 valence electrons. The molecule has 0 spiro atoms. The van der Waals surface area contributed by atoms with Crippen molar-refractivity contribution in [1.82, 2.24) is 0 Å². The SMILES string of the molecule is C=C(/C=C\C(=C/CCC)N(c1ccc(C)cc1)c1ccc(C)cc1)C1(c2ccc(Nc3ccc(CC)cc3)cc2)CCCCC1. The quantitative estimate of drug-likeness (QED) is 0.164. The van der Waals surface area contributed by atoms with Gasteiger partial charge in [-0.3, -0.25) is 0 Å². The average molecular weight is 595 g/mol. The summed E-state index contributed by atoms with van der Waals surface area (Å²) in [6.07, 6.45) is 16.2. The Morgan fingerprint density at radius 1 is 0.711 bits per heavy atom. The predicted molar refractivity (Wildman–Crippen MR) is 196 cm³/mol. The number of aryl methyl sites for hydroxylation is 3. The van der Waals surface area contributed by atoms with Crippen LogP contribution < -0.4 is 10.2 Å². The Kier molecular flexibility index (Phi) is 10.8. The summed E-state index contributed by atoms with van der Waals surface area (Å²) < 4.78 is 0. The molecular weight excluding hydrogens is 544 g/mol. The van der Waals surface area contributed by atoms with Gasteiger partial charge in [0.2, 0.25) is 0 Å². The number of nitrogens with one attached hydrogen (secondary N) is 1. The lowest BCUT2D eigenvalue weighted by Crippen LogP contribution is -2.30. The van der Waals surface area contributed by atoms with Crippen LogP contribution in [0.2, 0.25) is 0 Å². The van der Waals surface area contributed by atoms with Gasteiger partial charge >= 0.3 is 0 Å². The van der Waals surface area contributed by atoms with Gasteiger partial charge in [0.1, 0.15) is 0 Å². The zero-order valence-corrected chi connectivity index (χ0v) is 27.8. The Bertz CT molecular complexity index is 1540. The fraction of sp³-hybridized carbons (Fsp3) is 0.302. The summed E-state index contributed by atoms with van der Waals surface area (Å²) in [6, 6.07) is 35.6. The standard InChI is InChI=1S/C43H50N2/c1-6-8-12-40(45(41-26-13-33(3)14-27-41)42-28-15-34(4)16-29-42)30-17-35(5)43(31-10-9-11-32-43)37-20-24-39(25-21-37)44-38-22-18-36(7-2)19-23-38/h12-30,44H,5-11,31-32H2,1-4H3/b30-17-,40-12+. The first kappa shape index (κ1) is 32.1. The fourth-order valence-electron chi connectivity index (χ4n) is 6.52. The number of rotatable bonds is 12. The highest BCUT2D eigenvalue weighted by atomic mass is 15.1. The molecule has 0 aromatic heterocycles. The van der Waals surface area contributed by atoms with Crippen molar-refractivity contribution in [3.8, 4) is 0 Å². The van der Waals surface area contributed by atoms with E-state index in [1.54, 1.807) is 0 Å². The van der Waals surface area contributed by atoms with Gasteiger partial charge in [-0.15, -0.1) is 0 Å². The van der Waals surface area contributed by atoms with Crippen LogP contribution in [0.5, 0.6) is 0 Å². The minimum Gasteiger partial charge on any atom is -0.356 e. The van der Waals surface area contributed by atoms with Crippen molar-refractivity contribution in [2.75, 3.05) is 10.2 Å². The summed E-state index contributed by atoms with van der Waals surface area (Å²) in [5.41, 5.74) is 12.2. The minimum absolute atomic E-state index is 0.0511. The molecular formula is C43H50N2. The van der Waals surface area contributed by atoms with Gasteiger partial charge in [0.25, 0.3) is 0 Å². The van der Waals surface area contributed by atoms with Gasteiger partial charge in [-0.2, -0.15) is 0 Å². The fourth-order valence-corrected chi connectivity index (χ4v) is 6.52. The van der Waals surface area contributed by atoms with Crippen LogP contribution >= 0.6 is 0 Å². The molecule has 1 aliphatic carbocycles. The molecule has 0 atom stereocenters. The van der Waals surface area contributed by atoms with E-state index >= 15 is 0 Å². The summed E-state index contributed by atoms with van der Waals surface area (Å²) >= 11 is 0. The number of hydrogen-bond donors (Lipinski definition) is 1. The molecule has 45 heavy (non-hydrogen) atoms. The second kappa shape index (κ2) is 15.1. The van der Waals surface area contributed by atoms with E-state index in [0.717, 1.165) is 43.5 Å². The van der Waals surface area contributed by atoms with Crippen molar-refractivity contribution in [2.24, 2.45) is 0 Å². The van der Waals surface area contributed by atoms with Gasteiger partial charge in [0.05, 0.1) is 0 Å². The number of benzene rings is 4. The highest BCUT2D eigenvalue weighted by molar-refractivity contribution is 5.71. The minimum atomic E-state index is -0.0511. The van der Waals surface area contributed by atoms with Crippen molar-refractivity contribution >= 4 is 22.7 Å². The highest BCUT2D eigenvalue weighted by Crippen LogP contribution is 2.45. The first-order valence-electron chi connectivity index (χ1n) is 16.9. The molecule has 2 nitrogen and oxygen atoms in total. The van der Waals surface area contributed by atoms with E-state index in [2.05, 4.69) is 153 Å². The van der Waals surface area contributed by atoms with Crippen LogP contribution in [0, 0.1) is 13.8 Å². The van der Waals surface area contributed by atoms with Gasteiger partial charge in [-0.25, -0.2) is 0 Å². The van der Waals surface area contributed by atoms with Crippen LogP contribution in [0.25, 0.3) is 0 Å². The van der Waals surface area contributed by atoms with E-state index in [0.29, 0.717) is 0 Å². The molecule has 0 unspecified atom stereocenters. The Morgan fingerprint density at radius 3 is 1.76 bits per heavy atom. The summed E-state index contributed by atoms with van der Waals surface area (Å²) in [4.78, 5) is 2.39. The maximum absolute atomic E-state index is 4.77. The summed E-state index contributed by atoms with van der Waals surface area (Å²) in [5, 5.41) is 3.59. The Balaban J connectivity index is 1.45. The highest BCUT2D eigenvalue weighted by Gasteiger charge is 2.35. The third-order valence-corrected chi connectivity index (χ3v) is 9.35. The number of unbranched alkanes of at least 4 members (excludes halogenated alkanes) is 1. The molecule has 0 amide bonds. The van der Waals surface area contributed by atoms with Gasteiger partial charge < -0.3 is 10.2 Å². The maximum atomic E-state index is 4.77. The molecule has 1 N–H and O–H groups in total. The zero-order valence-electron chi connectivity index (χ0n) is 27.8. The zero-order chi connectivity index (χ0) is 31.6. The predicted octanol–water partition coefficient (Wildman–Crippen LogP) is 12.4. The summed E-state index contributed by atoms with van der Waals surface area (Å²) in [7, 11) is 0. The van der Waals surface area contributed by atoms with Gasteiger partial charge in [-0.1, -0.05) is 118 Å². The van der Waals surface area contributed by atoms with E-state index < -0.39 is 0 Å². The average Bonchev–Trinajstić information content (AvgIpc) is 3.08. The lowest BCUT2D eigenvalue weighted by Gasteiger charge is -2.39. The van der Waals surface area contributed by atoms with E-state index in [-0.39, 0.29) is 5.41 Å². The Labute approximate surface area is 272 Å². The van der Waals surface area contributed by atoms with Crippen molar-refractivity contribution in [3.05, 3.63) is 155 Å². The van der Waals surface area contributed by atoms with Gasteiger partial charge in [0.15, 0.2) is 0 Å². The lowest BCUT2D eigenvalue weighted by molar-refractivity contribution is 0.346. The van der Waals surface area contributed by atoms with Crippen LogP contribution in [0.15, 0.2) is 133 Å². The molecule has 4 aromatic rings. The molecule has 4 aromatic carbocycles. The van der Waals surface area contributed by atoms with E-state index in [4.69, 9.17) is 6.58 Å². The molecule has 0 aliphatic heterocycles. The second-order valence-electron chi connectivity index (χ2n) is 12.7. The van der Waals surface area contributed by atoms with Crippen molar-refractivity contribution in [2.45, 2.75) is 84.5 Å². The first-order valence-corrected chi connectivity index (χ1v) is 16.9. The Morgan fingerprint density at radius 2 is 1.24 bits per heavy atom. The summed E-state index contributed by atoms with van der Waals surface area (Å²) in [6.45, 7) is 13.5. The van der Waals surface area contributed by atoms with Crippen molar-refractivity contribution in [1.29, 1.82) is 0 Å². The number of anilines is 4. The largest absolute Gasteiger partial charge is 0.356 e. The molecule has 1 fully saturated rings. The molecule has 0 bridgehead atoms. The third kappa shape index (κ3) is 7.87. The molecule has 0 radical (unpaired) electrons. The monoisotopic (exact) mass is 594 g/mol. The topological polar surface area (TPSA) is 15.3 Å². The molecule has 1 saturated carbocycles. The molecule has 0 heterocycles. The first-order chi connectivity index (χ1) is 21.9. The number of hydrogen-bond acceptors (Lipinski definition) is 2. The molecule has 0 saturated heterocycles. The van der Waals surface area contributed by atoms with Gasteiger partial charge in [0, 0.05) is 33.9 Å². The maximum Gasteiger partial charge on any atom is 0.0461 e. The molecule has 1 aliphatic rings. The van der Waals surface area contributed by atoms with Crippen molar-refractivity contribution in [3.63, 3.8) is 0 Å². The normalized spacial score (nSPS) is 14.8. The smallest absolute Gasteiger partial charge is 0.0461 e. The van der Waals surface area contributed by atoms with Crippen LogP contribution in [-0.4, -0.2) is 0 Å². The molecule has 2 heteroatoms. The van der Waals surface area contributed by atoms with Gasteiger partial charge in [-0.05, 0) is 111 Å². The van der Waals surface area contributed by atoms with Crippen LogP contribution in [0.4, 0.5) is 22.7 Å². The summed E-state index contributed by atoms with van der Waals surface area (Å²) in [5.74, 6) is 0. The van der Waals surface area contributed by atoms with Crippen LogP contribution in [-0.2, 0) is 11.8 Å². The van der Waals surface area contributed by atoms with E-state index in [1.165, 1.54) is 64.2 Å². The Hall–Kier alpha value is -4.30. The second-order valence-corrected chi connectivity index (χ2v) is 12.7. The molecule has 5 rings (SSSR count). The lowest BCUT2D eigenvalue weighted by atomic mass is 9.65. The number of allylic oxidation sites excluding steroid dienone is 4. The van der Waals surface area contributed by atoms with Crippen LogP contribution in [0.3, 0.4) is 0 Å². The van der Waals surface area contributed by atoms with E-state index in [9.17, 15) is 0 Å².